The number of amides is 3. The van der Waals surface area contributed by atoms with Gasteiger partial charge in [-0.3, -0.25) is 9.78 Å². The van der Waals surface area contributed by atoms with E-state index in [1.807, 2.05) is 18.2 Å². The molecule has 1 aromatic carbocycles. The van der Waals surface area contributed by atoms with E-state index in [4.69, 9.17) is 0 Å². The van der Waals surface area contributed by atoms with Crippen molar-refractivity contribution in [3.8, 4) is 0 Å². The Bertz CT molecular complexity index is 1030. The highest BCUT2D eigenvalue weighted by Crippen LogP contribution is 2.24. The molecule has 1 aliphatic rings. The summed E-state index contributed by atoms with van der Waals surface area (Å²) in [5.41, 5.74) is 4.81. The topological polar surface area (TPSA) is 94.2 Å². The summed E-state index contributed by atoms with van der Waals surface area (Å²) < 4.78 is 0. The number of anilines is 1. The fraction of sp³-hybridized carbons (Fsp3) is 0.263. The van der Waals surface area contributed by atoms with Crippen molar-refractivity contribution in [2.75, 3.05) is 26.0 Å². The highest BCUT2D eigenvalue weighted by atomic mass is 16.2. The minimum absolute atomic E-state index is 0.0386. The summed E-state index contributed by atoms with van der Waals surface area (Å²) in [6.45, 7) is 1.04. The first kappa shape index (κ1) is 17.0. The third-order valence-electron chi connectivity index (χ3n) is 4.72. The molecule has 3 heterocycles. The molecule has 2 N–H and O–H groups in total. The van der Waals surface area contributed by atoms with E-state index in [2.05, 4.69) is 20.3 Å². The average molecular weight is 364 g/mol. The van der Waals surface area contributed by atoms with E-state index in [1.165, 1.54) is 0 Å². The Hall–Kier alpha value is -3.42. The Morgan fingerprint density at radius 2 is 2.11 bits per heavy atom. The zero-order chi connectivity index (χ0) is 19.0. The van der Waals surface area contributed by atoms with Crippen molar-refractivity contribution in [2.45, 2.75) is 13.0 Å². The first-order chi connectivity index (χ1) is 13.0. The Balaban J connectivity index is 1.57. The number of hydrogen-bond donors (Lipinski definition) is 2. The van der Waals surface area contributed by atoms with Crippen LogP contribution in [-0.2, 0) is 13.0 Å². The van der Waals surface area contributed by atoms with Gasteiger partial charge >= 0.3 is 6.03 Å². The van der Waals surface area contributed by atoms with Gasteiger partial charge in [0.2, 0.25) is 0 Å². The fourth-order valence-corrected chi connectivity index (χ4v) is 3.35. The number of benzene rings is 1. The molecule has 138 valence electrons. The Morgan fingerprint density at radius 3 is 2.93 bits per heavy atom. The zero-order valence-corrected chi connectivity index (χ0v) is 15.2. The van der Waals surface area contributed by atoms with E-state index in [0.717, 1.165) is 22.2 Å². The first-order valence-corrected chi connectivity index (χ1v) is 8.69. The van der Waals surface area contributed by atoms with Crippen LogP contribution in [0.15, 0.2) is 36.9 Å². The van der Waals surface area contributed by atoms with Crippen LogP contribution in [0.3, 0.4) is 0 Å². The second kappa shape index (κ2) is 6.71. The van der Waals surface area contributed by atoms with Crippen LogP contribution in [-0.4, -0.2) is 57.3 Å². The van der Waals surface area contributed by atoms with Crippen molar-refractivity contribution in [3.05, 3.63) is 53.6 Å². The normalized spacial score (nSPS) is 13.3. The molecule has 27 heavy (non-hydrogen) atoms. The summed E-state index contributed by atoms with van der Waals surface area (Å²) in [6, 6.07) is 5.48. The van der Waals surface area contributed by atoms with Gasteiger partial charge in [0.1, 0.15) is 0 Å². The molecule has 0 saturated carbocycles. The number of rotatable bonds is 2. The van der Waals surface area contributed by atoms with E-state index < -0.39 is 0 Å². The lowest BCUT2D eigenvalue weighted by Crippen LogP contribution is -2.42. The molecule has 0 spiro atoms. The molecule has 0 aliphatic carbocycles. The summed E-state index contributed by atoms with van der Waals surface area (Å²) in [6.07, 6.45) is 5.57. The number of hydrogen-bond acceptors (Lipinski definition) is 4. The predicted octanol–water partition coefficient (Wildman–Crippen LogP) is 2.25. The lowest BCUT2D eigenvalue weighted by atomic mass is 9.97. The highest BCUT2D eigenvalue weighted by molar-refractivity contribution is 6.06. The van der Waals surface area contributed by atoms with Crippen molar-refractivity contribution in [1.29, 1.82) is 0 Å². The SMILES string of the molecule is CN(C)C(=O)N1CCc2c(cncc2C(=O)Nc2ccc3nc[nH]c3c2)C1. The van der Waals surface area contributed by atoms with Crippen LogP contribution in [0.4, 0.5) is 10.5 Å². The van der Waals surface area contributed by atoms with Gasteiger partial charge in [-0.2, -0.15) is 0 Å². The van der Waals surface area contributed by atoms with E-state index in [-0.39, 0.29) is 11.9 Å². The maximum absolute atomic E-state index is 12.8. The monoisotopic (exact) mass is 364 g/mol. The summed E-state index contributed by atoms with van der Waals surface area (Å²) in [5, 5.41) is 2.93. The summed E-state index contributed by atoms with van der Waals surface area (Å²) in [4.78, 5) is 39.8. The lowest BCUT2D eigenvalue weighted by molar-refractivity contribution is 0.102. The average Bonchev–Trinajstić information content (AvgIpc) is 3.14. The molecular formula is C19H20N6O2. The molecule has 8 heteroatoms. The number of nitrogens with one attached hydrogen (secondary N) is 2. The molecule has 0 fully saturated rings. The smallest absolute Gasteiger partial charge is 0.319 e. The van der Waals surface area contributed by atoms with Gasteiger partial charge in [0, 0.05) is 45.3 Å². The molecule has 3 aromatic rings. The quantitative estimate of drug-likeness (QED) is 0.729. The Labute approximate surface area is 156 Å². The summed E-state index contributed by atoms with van der Waals surface area (Å²) >= 11 is 0. The van der Waals surface area contributed by atoms with Crippen LogP contribution in [0.5, 0.6) is 0 Å². The largest absolute Gasteiger partial charge is 0.345 e. The second-order valence-corrected chi connectivity index (χ2v) is 6.76. The van der Waals surface area contributed by atoms with Gasteiger partial charge in [-0.25, -0.2) is 9.78 Å². The number of carbonyl (C=O) groups is 2. The Morgan fingerprint density at radius 1 is 1.26 bits per heavy atom. The number of aromatic nitrogens is 3. The van der Waals surface area contributed by atoms with E-state index in [1.54, 1.807) is 42.6 Å². The summed E-state index contributed by atoms with van der Waals surface area (Å²) in [5.74, 6) is -0.203. The number of fused-ring (bicyclic) bond motifs is 2. The zero-order valence-electron chi connectivity index (χ0n) is 15.2. The molecule has 0 radical (unpaired) electrons. The van der Waals surface area contributed by atoms with Crippen LogP contribution < -0.4 is 5.32 Å². The number of H-pyrrole nitrogens is 1. The molecule has 3 amide bonds. The molecule has 0 bridgehead atoms. The predicted molar refractivity (Wildman–Crippen MR) is 101 cm³/mol. The molecule has 8 nitrogen and oxygen atoms in total. The molecule has 4 rings (SSSR count). The van der Waals surface area contributed by atoms with Crippen LogP contribution in [0.2, 0.25) is 0 Å². The van der Waals surface area contributed by atoms with Gasteiger partial charge in [0.05, 0.1) is 22.9 Å². The summed E-state index contributed by atoms with van der Waals surface area (Å²) in [7, 11) is 3.47. The van der Waals surface area contributed by atoms with Crippen molar-refractivity contribution in [2.24, 2.45) is 0 Å². The lowest BCUT2D eigenvalue weighted by Gasteiger charge is -2.31. The van der Waals surface area contributed by atoms with Gasteiger partial charge in [0.15, 0.2) is 0 Å². The molecule has 0 atom stereocenters. The molecule has 0 saturated heterocycles. The van der Waals surface area contributed by atoms with Crippen LogP contribution >= 0.6 is 0 Å². The van der Waals surface area contributed by atoms with Gasteiger partial charge in [-0.05, 0) is 35.7 Å². The number of carbonyl (C=O) groups excluding carboxylic acids is 2. The number of aromatic amines is 1. The van der Waals surface area contributed by atoms with Gasteiger partial charge in [-0.15, -0.1) is 0 Å². The maximum atomic E-state index is 12.8. The fourth-order valence-electron chi connectivity index (χ4n) is 3.35. The first-order valence-electron chi connectivity index (χ1n) is 8.69. The van der Waals surface area contributed by atoms with Crippen molar-refractivity contribution >= 4 is 28.7 Å². The number of imidazole rings is 1. The van der Waals surface area contributed by atoms with Crippen molar-refractivity contribution in [3.63, 3.8) is 0 Å². The van der Waals surface area contributed by atoms with Crippen LogP contribution in [0.25, 0.3) is 11.0 Å². The number of nitrogens with zero attached hydrogens (tertiary/aromatic N) is 4. The van der Waals surface area contributed by atoms with E-state index in [9.17, 15) is 9.59 Å². The second-order valence-electron chi connectivity index (χ2n) is 6.76. The van der Waals surface area contributed by atoms with Crippen molar-refractivity contribution in [1.82, 2.24) is 24.8 Å². The van der Waals surface area contributed by atoms with Crippen LogP contribution in [0.1, 0.15) is 21.5 Å². The van der Waals surface area contributed by atoms with E-state index in [0.29, 0.717) is 30.8 Å². The molecule has 1 aliphatic heterocycles. The molecule has 0 unspecified atom stereocenters. The molecular weight excluding hydrogens is 344 g/mol. The number of urea groups is 1. The van der Waals surface area contributed by atoms with E-state index >= 15 is 0 Å². The maximum Gasteiger partial charge on any atom is 0.319 e. The number of pyridine rings is 1. The third kappa shape index (κ3) is 3.21. The Kier molecular flexibility index (Phi) is 4.23. The standard InChI is InChI=1S/C19H20N6O2/c1-24(2)19(27)25-6-5-14-12(10-25)8-20-9-15(14)18(26)23-13-3-4-16-17(7-13)22-11-21-16/h3-4,7-9,11H,5-6,10H2,1-2H3,(H,21,22)(H,23,26). The van der Waals surface area contributed by atoms with Gasteiger partial charge in [-0.1, -0.05) is 0 Å². The highest BCUT2D eigenvalue weighted by Gasteiger charge is 2.25. The van der Waals surface area contributed by atoms with Gasteiger partial charge in [0.25, 0.3) is 5.91 Å². The van der Waals surface area contributed by atoms with Crippen molar-refractivity contribution < 1.29 is 9.59 Å². The minimum Gasteiger partial charge on any atom is -0.345 e. The van der Waals surface area contributed by atoms with Gasteiger partial charge < -0.3 is 20.1 Å². The minimum atomic E-state index is -0.203. The molecule has 2 aromatic heterocycles. The van der Waals surface area contributed by atoms with Crippen LogP contribution in [0, 0.1) is 0 Å². The third-order valence-corrected chi connectivity index (χ3v) is 4.72.